The quantitative estimate of drug-likeness (QED) is 0.0962. The zero-order valence-corrected chi connectivity index (χ0v) is 20.2. The normalized spacial score (nSPS) is 10.1. The largest absolute Gasteiger partial charge is 0.502 e. The van der Waals surface area contributed by atoms with Gasteiger partial charge in [-0.1, -0.05) is 19.1 Å². The number of carboxylic acids is 2. The maximum absolute atomic E-state index is 11.3. The van der Waals surface area contributed by atoms with Crippen molar-refractivity contribution in [1.82, 2.24) is 0 Å². The Morgan fingerprint density at radius 3 is 1.68 bits per heavy atom. The first kappa shape index (κ1) is 33.3. The summed E-state index contributed by atoms with van der Waals surface area (Å²) in [6, 6.07) is 7.21. The van der Waals surface area contributed by atoms with Crippen molar-refractivity contribution in [2.45, 2.75) is 32.6 Å². The van der Waals surface area contributed by atoms with Gasteiger partial charge in [0.15, 0.2) is 5.75 Å². The molecule has 0 radical (unpaired) electrons. The minimum Gasteiger partial charge on any atom is -0.502 e. The van der Waals surface area contributed by atoms with Crippen molar-refractivity contribution in [3.8, 4) is 11.5 Å². The second-order valence-electron chi connectivity index (χ2n) is 6.95. The van der Waals surface area contributed by atoms with E-state index in [2.05, 4.69) is 0 Å². The average molecular weight is 562 g/mol. The molecule has 18 heteroatoms. The lowest BCUT2D eigenvalue weighted by Crippen LogP contribution is -2.09. The Labute approximate surface area is 213 Å². The SMILES string of the molecule is CCCC(=O)Oc1ccc(CC(=O)O)cc1[N+](=O)[O-].O=C(O)Cc1ccc(O)c([N+](=O)[O-])c1.O=S(=O)(O)O. The van der Waals surface area contributed by atoms with Crippen molar-refractivity contribution in [1.29, 1.82) is 0 Å². The number of ether oxygens (including phenoxy) is 1. The number of carboxylic acid groups (broad SMARTS) is 2. The average Bonchev–Trinajstić information content (AvgIpc) is 2.74. The second-order valence-corrected chi connectivity index (χ2v) is 7.85. The third kappa shape index (κ3) is 14.7. The highest BCUT2D eigenvalue weighted by atomic mass is 32.3. The molecule has 0 heterocycles. The van der Waals surface area contributed by atoms with Crippen LogP contribution in [0, 0.1) is 20.2 Å². The monoisotopic (exact) mass is 562 g/mol. The van der Waals surface area contributed by atoms with Crippen LogP contribution in [0.5, 0.6) is 11.5 Å². The highest BCUT2D eigenvalue weighted by Crippen LogP contribution is 2.29. The number of aliphatic carboxylic acids is 2. The molecule has 38 heavy (non-hydrogen) atoms. The number of carbonyl (C=O) groups excluding carboxylic acids is 1. The van der Waals surface area contributed by atoms with Gasteiger partial charge in [-0.3, -0.25) is 43.7 Å². The van der Waals surface area contributed by atoms with E-state index in [1.807, 2.05) is 0 Å². The first-order valence-electron chi connectivity index (χ1n) is 10.0. The Morgan fingerprint density at radius 2 is 1.29 bits per heavy atom. The Kier molecular flexibility index (Phi) is 13.5. The van der Waals surface area contributed by atoms with Crippen LogP contribution >= 0.6 is 0 Å². The lowest BCUT2D eigenvalue weighted by atomic mass is 10.1. The molecular weight excluding hydrogens is 540 g/mol. The van der Waals surface area contributed by atoms with Gasteiger partial charge in [-0.25, -0.2) is 0 Å². The first-order valence-corrected chi connectivity index (χ1v) is 11.4. The highest BCUT2D eigenvalue weighted by Gasteiger charge is 2.19. The van der Waals surface area contributed by atoms with E-state index in [4.69, 9.17) is 37.6 Å². The molecule has 2 aromatic rings. The Hall–Kier alpha value is -4.68. The van der Waals surface area contributed by atoms with Crippen LogP contribution in [0.3, 0.4) is 0 Å². The van der Waals surface area contributed by atoms with Crippen LogP contribution in [-0.2, 0) is 37.6 Å². The third-order valence-electron chi connectivity index (χ3n) is 3.85. The van der Waals surface area contributed by atoms with Gasteiger partial charge in [-0.2, -0.15) is 8.42 Å². The number of hydrogen-bond acceptors (Lipinski definition) is 11. The summed E-state index contributed by atoms with van der Waals surface area (Å²) in [7, 11) is -4.67. The molecule has 0 saturated heterocycles. The number of rotatable bonds is 9. The Bertz CT molecular complexity index is 1280. The molecule has 0 aromatic heterocycles. The number of benzene rings is 2. The number of phenolic OH excluding ortho intramolecular Hbond substituents is 1. The van der Waals surface area contributed by atoms with E-state index in [1.54, 1.807) is 6.92 Å². The predicted octanol–water partition coefficient (Wildman–Crippen LogP) is 2.20. The van der Waals surface area contributed by atoms with Crippen LogP contribution in [0.4, 0.5) is 11.4 Å². The first-order chi connectivity index (χ1) is 17.4. The number of nitro groups is 2. The molecule has 0 fully saturated rings. The lowest BCUT2D eigenvalue weighted by Gasteiger charge is -2.05. The molecule has 0 amide bonds. The second kappa shape index (κ2) is 15.4. The molecule has 0 unspecified atom stereocenters. The van der Waals surface area contributed by atoms with Crippen molar-refractivity contribution < 1.29 is 61.8 Å². The minimum atomic E-state index is -4.67. The topological polar surface area (TPSA) is 282 Å². The number of nitrogens with zero attached hydrogens (tertiary/aromatic N) is 2. The van der Waals surface area contributed by atoms with Crippen molar-refractivity contribution in [3.63, 3.8) is 0 Å². The number of hydrogen-bond donors (Lipinski definition) is 5. The van der Waals surface area contributed by atoms with Crippen LogP contribution in [0.15, 0.2) is 36.4 Å². The van der Waals surface area contributed by atoms with E-state index < -0.39 is 55.3 Å². The number of phenols is 1. The molecule has 17 nitrogen and oxygen atoms in total. The van der Waals surface area contributed by atoms with Crippen molar-refractivity contribution in [2.75, 3.05) is 0 Å². The van der Waals surface area contributed by atoms with Crippen LogP contribution in [0.2, 0.25) is 0 Å². The van der Waals surface area contributed by atoms with Gasteiger partial charge >= 0.3 is 39.7 Å². The van der Waals surface area contributed by atoms with Gasteiger partial charge in [-0.05, 0) is 29.7 Å². The maximum atomic E-state index is 11.3. The van der Waals surface area contributed by atoms with Gasteiger partial charge in [0.05, 0.1) is 22.7 Å². The van der Waals surface area contributed by atoms with Crippen LogP contribution in [0.25, 0.3) is 0 Å². The molecule has 2 aromatic carbocycles. The van der Waals surface area contributed by atoms with Gasteiger partial charge in [0.1, 0.15) is 0 Å². The van der Waals surface area contributed by atoms with Gasteiger partial charge < -0.3 is 20.1 Å². The standard InChI is InChI=1S/C12H13NO6.C8H7NO5.H2O4S/c1-2-3-12(16)19-10-5-4-8(7-11(14)15)6-9(10)13(17)18;10-7-2-1-5(4-8(11)12)3-6(7)9(13)14;1-5(2,3)4/h4-6H,2-3,7H2,1H3,(H,14,15);1-3,10H,4H2,(H,11,12);(H2,1,2,3,4). The summed E-state index contributed by atoms with van der Waals surface area (Å²) < 4.78 is 36.5. The minimum absolute atomic E-state index is 0.161. The van der Waals surface area contributed by atoms with E-state index in [0.29, 0.717) is 6.42 Å². The number of carbonyl (C=O) groups is 3. The maximum Gasteiger partial charge on any atom is 0.394 e. The fraction of sp³-hybridized carbons (Fsp3) is 0.250. The van der Waals surface area contributed by atoms with E-state index >= 15 is 0 Å². The number of esters is 1. The molecule has 0 aliphatic heterocycles. The van der Waals surface area contributed by atoms with Crippen LogP contribution in [-0.4, -0.2) is 60.6 Å². The number of nitro benzene ring substituents is 2. The van der Waals surface area contributed by atoms with Gasteiger partial charge in [0.2, 0.25) is 5.75 Å². The lowest BCUT2D eigenvalue weighted by molar-refractivity contribution is -0.386. The molecule has 2 rings (SSSR count). The predicted molar refractivity (Wildman–Crippen MR) is 125 cm³/mol. The summed E-state index contributed by atoms with van der Waals surface area (Å²) in [5, 5.41) is 47.3. The molecule has 0 saturated carbocycles. The molecule has 0 bridgehead atoms. The summed E-state index contributed by atoms with van der Waals surface area (Å²) in [5.74, 6) is -3.37. The molecule has 0 atom stereocenters. The highest BCUT2D eigenvalue weighted by molar-refractivity contribution is 7.79. The van der Waals surface area contributed by atoms with Crippen molar-refractivity contribution in [2.24, 2.45) is 0 Å². The van der Waals surface area contributed by atoms with Crippen LogP contribution < -0.4 is 4.74 Å². The van der Waals surface area contributed by atoms with Crippen molar-refractivity contribution in [3.05, 3.63) is 67.8 Å². The molecule has 0 aliphatic rings. The molecule has 208 valence electrons. The summed E-state index contributed by atoms with van der Waals surface area (Å²) >= 11 is 0. The molecule has 0 aliphatic carbocycles. The van der Waals surface area contributed by atoms with E-state index in [9.17, 15) is 34.6 Å². The number of aromatic hydroxyl groups is 1. The van der Waals surface area contributed by atoms with Crippen molar-refractivity contribution >= 4 is 39.7 Å². The van der Waals surface area contributed by atoms with Crippen LogP contribution in [0.1, 0.15) is 30.9 Å². The zero-order valence-electron chi connectivity index (χ0n) is 19.4. The molecule has 5 N–H and O–H groups in total. The van der Waals surface area contributed by atoms with Gasteiger partial charge in [0.25, 0.3) is 0 Å². The Morgan fingerprint density at radius 1 is 0.868 bits per heavy atom. The Balaban J connectivity index is 0.000000631. The summed E-state index contributed by atoms with van der Waals surface area (Å²) in [4.78, 5) is 51.9. The summed E-state index contributed by atoms with van der Waals surface area (Å²) in [6.07, 6.45) is 0.100. The molecular formula is C20H22N2O15S. The summed E-state index contributed by atoms with van der Waals surface area (Å²) in [5.41, 5.74) is -0.344. The summed E-state index contributed by atoms with van der Waals surface area (Å²) in [6.45, 7) is 1.78. The third-order valence-corrected chi connectivity index (χ3v) is 3.85. The van der Waals surface area contributed by atoms with Gasteiger partial charge in [-0.15, -0.1) is 0 Å². The smallest absolute Gasteiger partial charge is 0.394 e. The van der Waals surface area contributed by atoms with E-state index in [0.717, 1.165) is 18.2 Å². The van der Waals surface area contributed by atoms with Gasteiger partial charge in [0, 0.05) is 18.6 Å². The fourth-order valence-corrected chi connectivity index (χ4v) is 2.45. The fourth-order valence-electron chi connectivity index (χ4n) is 2.45. The zero-order chi connectivity index (χ0) is 29.6. The molecule has 0 spiro atoms. The van der Waals surface area contributed by atoms with E-state index in [1.165, 1.54) is 18.2 Å². The van der Waals surface area contributed by atoms with E-state index in [-0.39, 0.29) is 36.1 Å².